The van der Waals surface area contributed by atoms with Crippen LogP contribution in [0.15, 0.2) is 48.8 Å². The Hall–Kier alpha value is -2.14. The fourth-order valence-corrected chi connectivity index (χ4v) is 2.58. The molecule has 1 saturated carbocycles. The van der Waals surface area contributed by atoms with Crippen molar-refractivity contribution in [3.05, 3.63) is 59.9 Å². The van der Waals surface area contributed by atoms with Crippen LogP contribution >= 0.6 is 12.2 Å². The summed E-state index contributed by atoms with van der Waals surface area (Å²) in [6, 6.07) is 12.8. The molecule has 0 aliphatic heterocycles. The van der Waals surface area contributed by atoms with Gasteiger partial charge in [-0.05, 0) is 55.7 Å². The number of nitrogens with one attached hydrogen (secondary N) is 2. The Morgan fingerprint density at radius 3 is 2.74 bits per heavy atom. The molecule has 4 nitrogen and oxygen atoms in total. The van der Waals surface area contributed by atoms with Gasteiger partial charge in [0.25, 0.3) is 0 Å². The van der Waals surface area contributed by atoms with Crippen LogP contribution in [0, 0.1) is 0 Å². The highest BCUT2D eigenvalue weighted by molar-refractivity contribution is 7.80. The monoisotopic (exact) mass is 327 g/mol. The first-order chi connectivity index (χ1) is 11.2. The normalized spacial score (nSPS) is 14.8. The van der Waals surface area contributed by atoms with E-state index in [1.807, 2.05) is 30.5 Å². The van der Waals surface area contributed by atoms with Crippen molar-refractivity contribution in [2.24, 2.45) is 0 Å². The minimum atomic E-state index is 0.168. The van der Waals surface area contributed by atoms with Crippen LogP contribution in [-0.4, -0.2) is 16.1 Å². The highest BCUT2D eigenvalue weighted by Crippen LogP contribution is 2.20. The smallest absolute Gasteiger partial charge is 0.166 e. The third-order valence-corrected chi connectivity index (χ3v) is 4.00. The van der Waals surface area contributed by atoms with E-state index < -0.39 is 0 Å². The SMILES string of the molecule is C[C@H](NC(=S)NC1CC1)c1ccc(OCc2cccnc2)cc1. The molecule has 1 aromatic carbocycles. The molecule has 0 bridgehead atoms. The second kappa shape index (κ2) is 7.42. The van der Waals surface area contributed by atoms with Gasteiger partial charge >= 0.3 is 0 Å². The van der Waals surface area contributed by atoms with E-state index in [1.165, 1.54) is 18.4 Å². The zero-order valence-electron chi connectivity index (χ0n) is 13.2. The van der Waals surface area contributed by atoms with Crippen molar-refractivity contribution in [3.8, 4) is 5.75 Å². The van der Waals surface area contributed by atoms with Crippen LogP contribution in [0.2, 0.25) is 0 Å². The maximum atomic E-state index is 5.77. The largest absolute Gasteiger partial charge is 0.489 e. The summed E-state index contributed by atoms with van der Waals surface area (Å²) in [5.41, 5.74) is 2.24. The van der Waals surface area contributed by atoms with Crippen molar-refractivity contribution in [1.29, 1.82) is 0 Å². The zero-order chi connectivity index (χ0) is 16.1. The lowest BCUT2D eigenvalue weighted by Crippen LogP contribution is -2.37. The number of thiocarbonyl (C=S) groups is 1. The van der Waals surface area contributed by atoms with E-state index in [0.717, 1.165) is 16.4 Å². The van der Waals surface area contributed by atoms with Crippen molar-refractivity contribution < 1.29 is 4.74 Å². The zero-order valence-corrected chi connectivity index (χ0v) is 14.0. The summed E-state index contributed by atoms with van der Waals surface area (Å²) in [5.74, 6) is 0.850. The molecular weight excluding hydrogens is 306 g/mol. The summed E-state index contributed by atoms with van der Waals surface area (Å²) in [5, 5.41) is 7.34. The van der Waals surface area contributed by atoms with Crippen LogP contribution in [0.1, 0.15) is 36.9 Å². The van der Waals surface area contributed by atoms with Crippen molar-refractivity contribution in [3.63, 3.8) is 0 Å². The average molecular weight is 327 g/mol. The van der Waals surface area contributed by atoms with Gasteiger partial charge in [0.05, 0.1) is 6.04 Å². The van der Waals surface area contributed by atoms with Gasteiger partial charge in [0.2, 0.25) is 0 Å². The fraction of sp³-hybridized carbons (Fsp3) is 0.333. The van der Waals surface area contributed by atoms with E-state index in [4.69, 9.17) is 17.0 Å². The lowest BCUT2D eigenvalue weighted by Gasteiger charge is -2.17. The molecule has 3 rings (SSSR count). The molecular formula is C18H21N3OS. The third-order valence-electron chi connectivity index (χ3n) is 3.77. The predicted molar refractivity (Wildman–Crippen MR) is 95.3 cm³/mol. The predicted octanol–water partition coefficient (Wildman–Crippen LogP) is 3.35. The average Bonchev–Trinajstić information content (AvgIpc) is 3.38. The highest BCUT2D eigenvalue weighted by atomic mass is 32.1. The van der Waals surface area contributed by atoms with Gasteiger partial charge in [-0.25, -0.2) is 0 Å². The van der Waals surface area contributed by atoms with Crippen LogP contribution < -0.4 is 15.4 Å². The number of hydrogen-bond donors (Lipinski definition) is 2. The van der Waals surface area contributed by atoms with Crippen molar-refractivity contribution in [1.82, 2.24) is 15.6 Å². The minimum absolute atomic E-state index is 0.168. The maximum Gasteiger partial charge on any atom is 0.166 e. The van der Waals surface area contributed by atoms with Gasteiger partial charge in [-0.1, -0.05) is 18.2 Å². The van der Waals surface area contributed by atoms with Crippen LogP contribution in [0.25, 0.3) is 0 Å². The summed E-state index contributed by atoms with van der Waals surface area (Å²) >= 11 is 5.32. The van der Waals surface area contributed by atoms with Crippen molar-refractivity contribution in [2.75, 3.05) is 0 Å². The molecule has 0 unspecified atom stereocenters. The third kappa shape index (κ3) is 4.93. The van der Waals surface area contributed by atoms with Crippen LogP contribution in [0.5, 0.6) is 5.75 Å². The molecule has 1 heterocycles. The fourth-order valence-electron chi connectivity index (χ4n) is 2.24. The number of ether oxygens (including phenoxy) is 1. The molecule has 2 N–H and O–H groups in total. The Labute approximate surface area is 142 Å². The highest BCUT2D eigenvalue weighted by Gasteiger charge is 2.22. The van der Waals surface area contributed by atoms with E-state index in [1.54, 1.807) is 6.20 Å². The van der Waals surface area contributed by atoms with Gasteiger partial charge in [0.1, 0.15) is 12.4 Å². The molecule has 2 aromatic rings. The van der Waals surface area contributed by atoms with Gasteiger partial charge in [0, 0.05) is 24.0 Å². The maximum absolute atomic E-state index is 5.77. The van der Waals surface area contributed by atoms with Crippen LogP contribution in [0.3, 0.4) is 0 Å². The second-order valence-corrected chi connectivity index (χ2v) is 6.24. The van der Waals surface area contributed by atoms with Crippen molar-refractivity contribution >= 4 is 17.3 Å². The van der Waals surface area contributed by atoms with Crippen molar-refractivity contribution in [2.45, 2.75) is 38.5 Å². The Bertz CT molecular complexity index is 641. The lowest BCUT2D eigenvalue weighted by molar-refractivity contribution is 0.305. The molecule has 1 aliphatic rings. The van der Waals surface area contributed by atoms with Gasteiger partial charge in [-0.3, -0.25) is 4.98 Å². The Balaban J connectivity index is 1.50. The molecule has 1 aliphatic carbocycles. The topological polar surface area (TPSA) is 46.2 Å². The number of hydrogen-bond acceptors (Lipinski definition) is 3. The molecule has 0 saturated heterocycles. The van der Waals surface area contributed by atoms with Gasteiger partial charge in [-0.2, -0.15) is 0 Å². The Morgan fingerprint density at radius 1 is 1.30 bits per heavy atom. The number of pyridine rings is 1. The lowest BCUT2D eigenvalue weighted by atomic mass is 10.1. The molecule has 0 spiro atoms. The summed E-state index contributed by atoms with van der Waals surface area (Å²) in [6.45, 7) is 2.63. The molecule has 0 radical (unpaired) electrons. The minimum Gasteiger partial charge on any atom is -0.489 e. The Morgan fingerprint density at radius 2 is 2.09 bits per heavy atom. The molecule has 5 heteroatoms. The summed E-state index contributed by atoms with van der Waals surface area (Å²) in [4.78, 5) is 4.08. The second-order valence-electron chi connectivity index (χ2n) is 5.83. The molecule has 120 valence electrons. The van der Waals surface area contributed by atoms with E-state index >= 15 is 0 Å². The van der Waals surface area contributed by atoms with E-state index in [0.29, 0.717) is 12.6 Å². The van der Waals surface area contributed by atoms with Crippen LogP contribution in [-0.2, 0) is 6.61 Å². The van der Waals surface area contributed by atoms with E-state index in [9.17, 15) is 0 Å². The number of benzene rings is 1. The molecule has 1 fully saturated rings. The first kappa shape index (κ1) is 15.7. The first-order valence-electron chi connectivity index (χ1n) is 7.89. The molecule has 23 heavy (non-hydrogen) atoms. The Kier molecular flexibility index (Phi) is 5.08. The summed E-state index contributed by atoms with van der Waals surface area (Å²) in [6.07, 6.45) is 6.02. The molecule has 1 atom stereocenters. The van der Waals surface area contributed by atoms with E-state index in [2.05, 4.69) is 34.7 Å². The van der Waals surface area contributed by atoms with Gasteiger partial charge in [-0.15, -0.1) is 0 Å². The van der Waals surface area contributed by atoms with Crippen LogP contribution in [0.4, 0.5) is 0 Å². The number of aromatic nitrogens is 1. The standard InChI is InChI=1S/C18H21N3OS/c1-13(20-18(23)21-16-6-7-16)15-4-8-17(9-5-15)22-12-14-3-2-10-19-11-14/h2-5,8-11,13,16H,6-7,12H2,1H3,(H2,20,21,23)/t13-/m0/s1. The summed E-state index contributed by atoms with van der Waals surface area (Å²) < 4.78 is 5.77. The molecule has 1 aromatic heterocycles. The van der Waals surface area contributed by atoms with E-state index in [-0.39, 0.29) is 6.04 Å². The number of rotatable bonds is 6. The first-order valence-corrected chi connectivity index (χ1v) is 8.30. The van der Waals surface area contributed by atoms with Gasteiger partial charge < -0.3 is 15.4 Å². The summed E-state index contributed by atoms with van der Waals surface area (Å²) in [7, 11) is 0. The quantitative estimate of drug-likeness (QED) is 0.797. The molecule has 0 amide bonds. The van der Waals surface area contributed by atoms with Gasteiger partial charge in [0.15, 0.2) is 5.11 Å². The number of nitrogens with zero attached hydrogens (tertiary/aromatic N) is 1.